The quantitative estimate of drug-likeness (QED) is 0.321. The molecular weight excluding hydrogens is 694 g/mol. The fourth-order valence-corrected chi connectivity index (χ4v) is 9.03. The molecule has 4 aliphatic rings. The van der Waals surface area contributed by atoms with Crippen LogP contribution in [-0.4, -0.2) is 144 Å². The fourth-order valence-electron chi connectivity index (χ4n) is 9.03. The van der Waals surface area contributed by atoms with Crippen LogP contribution in [-0.2, 0) is 47.5 Å². The normalized spacial score (nSPS) is 49.1. The van der Waals surface area contributed by atoms with Crippen LogP contribution in [0.25, 0.3) is 0 Å². The average Bonchev–Trinajstić information content (AvgIpc) is 3.40. The Morgan fingerprint density at radius 1 is 0.906 bits per heavy atom. The molecular formula is C38H65NO14. The molecule has 3 N–H and O–H groups in total. The summed E-state index contributed by atoms with van der Waals surface area (Å²) in [6.07, 6.45) is -9.81. The number of aliphatic hydroxyl groups excluding tert-OH is 2. The van der Waals surface area contributed by atoms with E-state index in [2.05, 4.69) is 0 Å². The molecule has 0 saturated carbocycles. The van der Waals surface area contributed by atoms with Crippen LogP contribution >= 0.6 is 0 Å². The van der Waals surface area contributed by atoms with Gasteiger partial charge in [0.2, 0.25) is 0 Å². The lowest BCUT2D eigenvalue weighted by atomic mass is 9.74. The fraction of sp³-hybridized carbons (Fsp3) is 0.921. The molecule has 0 aliphatic carbocycles. The third kappa shape index (κ3) is 8.88. The van der Waals surface area contributed by atoms with Crippen LogP contribution in [0.1, 0.15) is 94.9 Å². The summed E-state index contributed by atoms with van der Waals surface area (Å²) in [7, 11) is 5.20. The van der Waals surface area contributed by atoms with Gasteiger partial charge in [0, 0.05) is 31.4 Å². The molecule has 0 aromatic heterocycles. The molecule has 4 rings (SSSR count). The number of likely N-dealkylation sites (N-methyl/N-ethyl adjacent to an activating group) is 1. The number of carbonyl (C=O) groups excluding carboxylic acids is 3. The zero-order valence-corrected chi connectivity index (χ0v) is 33.8. The van der Waals surface area contributed by atoms with Gasteiger partial charge in [0.1, 0.15) is 24.1 Å². The van der Waals surface area contributed by atoms with Crippen molar-refractivity contribution < 1.29 is 67.6 Å². The maximum absolute atomic E-state index is 14.3. The number of cyclic esters (lactones) is 1. The number of rotatable bonds is 7. The maximum Gasteiger partial charge on any atom is 0.509 e. The molecule has 4 aliphatic heterocycles. The molecule has 18 atom stereocenters. The number of aliphatic hydroxyl groups is 3. The minimum atomic E-state index is -1.78. The molecule has 15 nitrogen and oxygen atoms in total. The van der Waals surface area contributed by atoms with E-state index in [0.717, 1.165) is 0 Å². The Hall–Kier alpha value is -1.95. The van der Waals surface area contributed by atoms with Crippen molar-refractivity contribution >= 4 is 17.9 Å². The molecule has 0 radical (unpaired) electrons. The summed E-state index contributed by atoms with van der Waals surface area (Å²) >= 11 is 0. The van der Waals surface area contributed by atoms with Crippen molar-refractivity contribution in [2.45, 2.75) is 179 Å². The number of methoxy groups -OCH3 is 1. The Balaban J connectivity index is 1.84. The van der Waals surface area contributed by atoms with E-state index in [9.17, 15) is 29.7 Å². The number of Topliss-reactive ketones (excluding diaryl/α,β-unsaturated/α-hetero) is 1. The van der Waals surface area contributed by atoms with E-state index in [1.54, 1.807) is 62.3 Å². The summed E-state index contributed by atoms with van der Waals surface area (Å²) in [5.74, 6) is -4.54. The lowest BCUT2D eigenvalue weighted by Gasteiger charge is -2.49. The number of ether oxygens (including phenoxy) is 8. The molecule has 4 saturated heterocycles. The minimum absolute atomic E-state index is 0.0996. The summed E-state index contributed by atoms with van der Waals surface area (Å²) in [6.45, 7) is 16.9. The van der Waals surface area contributed by atoms with Gasteiger partial charge in [0.05, 0.1) is 47.5 Å². The van der Waals surface area contributed by atoms with Gasteiger partial charge in [-0.1, -0.05) is 27.7 Å². The van der Waals surface area contributed by atoms with E-state index in [1.165, 1.54) is 7.11 Å². The molecule has 0 aromatic carbocycles. The van der Waals surface area contributed by atoms with Gasteiger partial charge >= 0.3 is 12.1 Å². The van der Waals surface area contributed by atoms with Crippen molar-refractivity contribution in [3.63, 3.8) is 0 Å². The van der Waals surface area contributed by atoms with E-state index < -0.39 is 108 Å². The van der Waals surface area contributed by atoms with Gasteiger partial charge in [-0.2, -0.15) is 0 Å². The molecule has 4 fully saturated rings. The lowest BCUT2D eigenvalue weighted by molar-refractivity contribution is -0.318. The molecule has 306 valence electrons. The van der Waals surface area contributed by atoms with Gasteiger partial charge in [-0.05, 0) is 74.9 Å². The summed E-state index contributed by atoms with van der Waals surface area (Å²) in [5, 5.41) is 34.9. The smallest absolute Gasteiger partial charge is 0.458 e. The first-order valence-corrected chi connectivity index (χ1v) is 19.1. The summed E-state index contributed by atoms with van der Waals surface area (Å²) in [5.41, 5.74) is -4.33. The van der Waals surface area contributed by atoms with Gasteiger partial charge in [0.15, 0.2) is 24.3 Å². The van der Waals surface area contributed by atoms with Crippen molar-refractivity contribution in [3.05, 3.63) is 0 Å². The van der Waals surface area contributed by atoms with E-state index >= 15 is 0 Å². The van der Waals surface area contributed by atoms with Crippen LogP contribution in [0.15, 0.2) is 0 Å². The monoisotopic (exact) mass is 759 g/mol. The largest absolute Gasteiger partial charge is 0.509 e. The number of carbonyl (C=O) groups is 3. The van der Waals surface area contributed by atoms with Crippen molar-refractivity contribution in [2.24, 2.45) is 23.7 Å². The standard InChI is InChI=1S/C38H65NO14/c1-14-25-38(10)32(52-35(44)53-38)20(4)27(40)18(2)16-36(8,45)31(51-34-28(41)24(39(11)12)15-19(3)47-34)21(5)29(22(6)33(43)49-25)50-26-17-37(9,46-13)30(42)23(7)48-26/h18-26,28-32,34,41-42,45H,14-17H2,1-13H3/t18-,19+,20-,21-,22+,23-,24-,25-,26+,28-,29+,30+,31-,32+,34-,36+,37-,38+/m0/s1. The van der Waals surface area contributed by atoms with Gasteiger partial charge in [-0.15, -0.1) is 0 Å². The number of ketones is 1. The summed E-state index contributed by atoms with van der Waals surface area (Å²) < 4.78 is 48.7. The van der Waals surface area contributed by atoms with E-state index in [4.69, 9.17) is 37.9 Å². The number of nitrogens with zero attached hydrogens (tertiary/aromatic N) is 1. The molecule has 0 amide bonds. The highest BCUT2D eigenvalue weighted by Crippen LogP contribution is 2.43. The van der Waals surface area contributed by atoms with Crippen LogP contribution in [0.4, 0.5) is 4.79 Å². The Kier molecular flexibility index (Phi) is 13.7. The van der Waals surface area contributed by atoms with Crippen molar-refractivity contribution in [1.82, 2.24) is 4.90 Å². The maximum atomic E-state index is 14.3. The third-order valence-electron chi connectivity index (χ3n) is 12.3. The Bertz CT molecular complexity index is 1300. The first kappa shape index (κ1) is 43.8. The second-order valence-electron chi connectivity index (χ2n) is 16.9. The minimum Gasteiger partial charge on any atom is -0.458 e. The predicted molar refractivity (Wildman–Crippen MR) is 189 cm³/mol. The zero-order valence-electron chi connectivity index (χ0n) is 33.8. The molecule has 15 heteroatoms. The van der Waals surface area contributed by atoms with E-state index in [-0.39, 0.29) is 37.2 Å². The molecule has 53 heavy (non-hydrogen) atoms. The zero-order chi connectivity index (χ0) is 40.0. The van der Waals surface area contributed by atoms with Gasteiger partial charge in [-0.25, -0.2) is 4.79 Å². The summed E-state index contributed by atoms with van der Waals surface area (Å²) in [4.78, 5) is 43.0. The van der Waals surface area contributed by atoms with Crippen molar-refractivity contribution in [1.29, 1.82) is 0 Å². The lowest BCUT2D eigenvalue weighted by Crippen LogP contribution is -2.61. The number of hydrogen-bond acceptors (Lipinski definition) is 15. The Labute approximate surface area is 314 Å². The summed E-state index contributed by atoms with van der Waals surface area (Å²) in [6, 6.07) is -0.322. The van der Waals surface area contributed by atoms with Crippen LogP contribution in [0.5, 0.6) is 0 Å². The first-order valence-electron chi connectivity index (χ1n) is 19.1. The number of esters is 1. The Morgan fingerprint density at radius 2 is 1.55 bits per heavy atom. The first-order chi connectivity index (χ1) is 24.5. The third-order valence-corrected chi connectivity index (χ3v) is 12.3. The second kappa shape index (κ2) is 16.6. The second-order valence-corrected chi connectivity index (χ2v) is 16.9. The molecule has 0 spiro atoms. The highest BCUT2D eigenvalue weighted by atomic mass is 16.8. The number of fused-ring (bicyclic) bond motifs is 1. The van der Waals surface area contributed by atoms with Crippen LogP contribution in [0.2, 0.25) is 0 Å². The van der Waals surface area contributed by atoms with Crippen LogP contribution in [0.3, 0.4) is 0 Å². The highest BCUT2D eigenvalue weighted by molar-refractivity contribution is 5.84. The topological polar surface area (TPSA) is 189 Å². The molecule has 0 unspecified atom stereocenters. The molecule has 0 aromatic rings. The molecule has 0 bridgehead atoms. The van der Waals surface area contributed by atoms with Gasteiger partial charge in [-0.3, -0.25) is 9.59 Å². The van der Waals surface area contributed by atoms with E-state index in [0.29, 0.717) is 6.42 Å². The van der Waals surface area contributed by atoms with Crippen molar-refractivity contribution in [3.8, 4) is 0 Å². The van der Waals surface area contributed by atoms with Gasteiger partial charge in [0.25, 0.3) is 0 Å². The molecule has 4 heterocycles. The van der Waals surface area contributed by atoms with Crippen molar-refractivity contribution in [2.75, 3.05) is 21.2 Å². The predicted octanol–water partition coefficient (Wildman–Crippen LogP) is 2.97. The SMILES string of the molecule is CC[C@@H]1OC(=O)[C@H](C)[C@H](O[C@@H]2C[C@](C)(OC)[C@H](O)[C@H](C)O2)[C@H](C)[C@H](O[C@@H]2O[C@H](C)C[C@H](N(C)C)[C@@H]2O)[C@](C)(O)C[C@H](C)C(=O)[C@H](C)[C@H]2OC(=O)O[C@]12C. The Morgan fingerprint density at radius 3 is 2.13 bits per heavy atom. The number of hydrogen-bond donors (Lipinski definition) is 3. The van der Waals surface area contributed by atoms with Gasteiger partial charge < -0.3 is 58.1 Å². The van der Waals surface area contributed by atoms with Crippen LogP contribution < -0.4 is 0 Å². The van der Waals surface area contributed by atoms with E-state index in [1.807, 2.05) is 25.9 Å². The average molecular weight is 760 g/mol. The highest BCUT2D eigenvalue weighted by Gasteiger charge is 2.59. The van der Waals surface area contributed by atoms with Crippen LogP contribution in [0, 0.1) is 23.7 Å².